The van der Waals surface area contributed by atoms with Crippen LogP contribution in [0.25, 0.3) is 0 Å². The number of carbonyl (C=O) groups is 2. The lowest BCUT2D eigenvalue weighted by Crippen LogP contribution is -2.55. The Morgan fingerprint density at radius 1 is 1.32 bits per heavy atom. The molecule has 1 unspecified atom stereocenters. The third-order valence-electron chi connectivity index (χ3n) is 3.26. The average Bonchev–Trinajstić information content (AvgIpc) is 2.46. The number of piperazine rings is 1. The van der Waals surface area contributed by atoms with Crippen LogP contribution in [0.5, 0.6) is 5.75 Å². The van der Waals surface area contributed by atoms with Crippen molar-refractivity contribution in [3.05, 3.63) is 24.3 Å². The quantitative estimate of drug-likeness (QED) is 0.735. The Balaban J connectivity index is 1.70. The molecule has 0 saturated carbocycles. The van der Waals surface area contributed by atoms with Gasteiger partial charge in [-0.25, -0.2) is 0 Å². The number of hydrogen-bond acceptors (Lipinski definition) is 4. The fraction of sp³-hybridized carbons (Fsp3) is 0.385. The van der Waals surface area contributed by atoms with E-state index in [0.29, 0.717) is 25.4 Å². The number of amides is 2. The molecule has 1 aromatic carbocycles. The summed E-state index contributed by atoms with van der Waals surface area (Å²) in [4.78, 5) is 25.1. The molecule has 0 aromatic heterocycles. The lowest BCUT2D eigenvalue weighted by Gasteiger charge is -2.32. The van der Waals surface area contributed by atoms with Gasteiger partial charge in [0.1, 0.15) is 5.75 Å². The number of nitrogens with one attached hydrogen (secondary N) is 2. The summed E-state index contributed by atoms with van der Waals surface area (Å²) in [5.41, 5.74) is 0.892. The highest BCUT2D eigenvalue weighted by Crippen LogP contribution is 2.28. The lowest BCUT2D eigenvalue weighted by molar-refractivity contribution is -0.143. The molecule has 2 N–H and O–H groups in total. The Kier molecular flexibility index (Phi) is 2.98. The van der Waals surface area contributed by atoms with Gasteiger partial charge in [0.25, 0.3) is 5.91 Å². The fourth-order valence-corrected chi connectivity index (χ4v) is 2.28. The smallest absolute Gasteiger partial charge is 0.266 e. The van der Waals surface area contributed by atoms with E-state index >= 15 is 0 Å². The lowest BCUT2D eigenvalue weighted by atomic mass is 10.2. The van der Waals surface area contributed by atoms with E-state index in [9.17, 15) is 9.59 Å². The van der Waals surface area contributed by atoms with E-state index in [4.69, 9.17) is 4.74 Å². The van der Waals surface area contributed by atoms with Gasteiger partial charge in [-0.05, 0) is 12.1 Å². The van der Waals surface area contributed by atoms with Crippen LogP contribution in [0.15, 0.2) is 24.3 Å². The largest absolute Gasteiger partial charge is 0.477 e. The van der Waals surface area contributed by atoms with Crippen LogP contribution < -0.4 is 15.4 Å². The van der Waals surface area contributed by atoms with Gasteiger partial charge in [-0.1, -0.05) is 12.1 Å². The zero-order valence-electron chi connectivity index (χ0n) is 10.4. The number of anilines is 1. The molecule has 100 valence electrons. The summed E-state index contributed by atoms with van der Waals surface area (Å²) in [6.45, 7) is 1.57. The van der Waals surface area contributed by atoms with Crippen molar-refractivity contribution in [2.45, 2.75) is 6.10 Å². The van der Waals surface area contributed by atoms with E-state index in [-0.39, 0.29) is 18.4 Å². The maximum atomic E-state index is 12.3. The van der Waals surface area contributed by atoms with Crippen LogP contribution in [-0.2, 0) is 9.59 Å². The van der Waals surface area contributed by atoms with Crippen LogP contribution in [0, 0.1) is 0 Å². The molecule has 19 heavy (non-hydrogen) atoms. The van der Waals surface area contributed by atoms with Crippen molar-refractivity contribution in [2.75, 3.05) is 31.5 Å². The minimum atomic E-state index is -0.569. The predicted molar refractivity (Wildman–Crippen MR) is 68.9 cm³/mol. The van der Waals surface area contributed by atoms with E-state index in [0.717, 1.165) is 5.69 Å². The average molecular weight is 261 g/mol. The molecular weight excluding hydrogens is 246 g/mol. The normalized spacial score (nSPS) is 21.8. The minimum absolute atomic E-state index is 0.111. The van der Waals surface area contributed by atoms with Crippen molar-refractivity contribution >= 4 is 17.5 Å². The van der Waals surface area contributed by atoms with E-state index in [1.54, 1.807) is 4.90 Å². The number of para-hydroxylation sites is 2. The van der Waals surface area contributed by atoms with Crippen LogP contribution in [-0.4, -0.2) is 49.0 Å². The first-order chi connectivity index (χ1) is 9.24. The fourth-order valence-electron chi connectivity index (χ4n) is 2.28. The third-order valence-corrected chi connectivity index (χ3v) is 3.26. The van der Waals surface area contributed by atoms with Crippen molar-refractivity contribution in [3.63, 3.8) is 0 Å². The second-order valence-corrected chi connectivity index (χ2v) is 4.59. The minimum Gasteiger partial charge on any atom is -0.477 e. The molecule has 2 amide bonds. The standard InChI is InChI=1S/C13H15N3O3/c17-12-8-16(6-5-14-12)13(18)11-7-15-9-3-1-2-4-10(9)19-11/h1-4,11,15H,5-8H2,(H,14,17). The molecule has 0 spiro atoms. The van der Waals surface area contributed by atoms with Crippen molar-refractivity contribution in [1.82, 2.24) is 10.2 Å². The van der Waals surface area contributed by atoms with Crippen molar-refractivity contribution in [3.8, 4) is 5.75 Å². The molecule has 0 radical (unpaired) electrons. The van der Waals surface area contributed by atoms with Gasteiger partial charge >= 0.3 is 0 Å². The van der Waals surface area contributed by atoms with Gasteiger partial charge in [0.2, 0.25) is 5.91 Å². The van der Waals surface area contributed by atoms with Crippen LogP contribution >= 0.6 is 0 Å². The molecule has 2 aliphatic heterocycles. The van der Waals surface area contributed by atoms with Gasteiger partial charge in [0.05, 0.1) is 18.8 Å². The van der Waals surface area contributed by atoms with E-state index in [1.807, 2.05) is 24.3 Å². The van der Waals surface area contributed by atoms with Gasteiger partial charge < -0.3 is 20.3 Å². The summed E-state index contributed by atoms with van der Waals surface area (Å²) in [5, 5.41) is 5.87. The molecule has 2 heterocycles. The maximum absolute atomic E-state index is 12.3. The van der Waals surface area contributed by atoms with E-state index < -0.39 is 6.10 Å². The van der Waals surface area contributed by atoms with Gasteiger partial charge in [-0.2, -0.15) is 0 Å². The third kappa shape index (κ3) is 2.33. The zero-order valence-corrected chi connectivity index (χ0v) is 10.4. The monoisotopic (exact) mass is 261 g/mol. The summed E-state index contributed by atoms with van der Waals surface area (Å²) < 4.78 is 5.70. The molecule has 1 atom stereocenters. The summed E-state index contributed by atoms with van der Waals surface area (Å²) in [6, 6.07) is 7.50. The predicted octanol–water partition coefficient (Wildman–Crippen LogP) is -0.182. The number of hydrogen-bond donors (Lipinski definition) is 2. The van der Waals surface area contributed by atoms with Crippen LogP contribution in [0.4, 0.5) is 5.69 Å². The first-order valence-electron chi connectivity index (χ1n) is 6.29. The highest BCUT2D eigenvalue weighted by atomic mass is 16.5. The molecule has 6 nitrogen and oxygen atoms in total. The highest BCUT2D eigenvalue weighted by molar-refractivity contribution is 5.89. The summed E-state index contributed by atoms with van der Waals surface area (Å²) in [7, 11) is 0. The highest BCUT2D eigenvalue weighted by Gasteiger charge is 2.31. The first kappa shape index (κ1) is 11.8. The Bertz CT molecular complexity index is 518. The first-order valence-corrected chi connectivity index (χ1v) is 6.29. The van der Waals surface area contributed by atoms with Gasteiger partial charge in [0, 0.05) is 13.1 Å². The number of ether oxygens (including phenoxy) is 1. The summed E-state index contributed by atoms with van der Waals surface area (Å²) >= 11 is 0. The second-order valence-electron chi connectivity index (χ2n) is 4.59. The molecule has 1 aromatic rings. The number of benzene rings is 1. The van der Waals surface area contributed by atoms with E-state index in [1.165, 1.54) is 0 Å². The number of rotatable bonds is 1. The van der Waals surface area contributed by atoms with Crippen molar-refractivity contribution in [2.24, 2.45) is 0 Å². The molecule has 2 aliphatic rings. The SMILES string of the molecule is O=C1CN(C(=O)C2CNc3ccccc3O2)CCN1. The molecule has 0 aliphatic carbocycles. The Labute approximate surface area is 110 Å². The second kappa shape index (κ2) is 4.79. The van der Waals surface area contributed by atoms with Crippen LogP contribution in [0.2, 0.25) is 0 Å². The van der Waals surface area contributed by atoms with Gasteiger partial charge in [-0.15, -0.1) is 0 Å². The van der Waals surface area contributed by atoms with Gasteiger partial charge in [-0.3, -0.25) is 9.59 Å². The Hall–Kier alpha value is -2.24. The van der Waals surface area contributed by atoms with Crippen molar-refractivity contribution in [1.29, 1.82) is 0 Å². The number of carbonyl (C=O) groups excluding carboxylic acids is 2. The van der Waals surface area contributed by atoms with Crippen molar-refractivity contribution < 1.29 is 14.3 Å². The zero-order chi connectivity index (χ0) is 13.2. The molecule has 6 heteroatoms. The summed E-state index contributed by atoms with van der Waals surface area (Å²) in [6.07, 6.45) is -0.569. The summed E-state index contributed by atoms with van der Waals surface area (Å²) in [5.74, 6) is 0.411. The molecule has 0 bridgehead atoms. The number of nitrogens with zero attached hydrogens (tertiary/aromatic N) is 1. The number of fused-ring (bicyclic) bond motifs is 1. The van der Waals surface area contributed by atoms with Crippen LogP contribution in [0.1, 0.15) is 0 Å². The Morgan fingerprint density at radius 2 is 2.16 bits per heavy atom. The topological polar surface area (TPSA) is 70.7 Å². The molecule has 3 rings (SSSR count). The molecule has 1 fully saturated rings. The maximum Gasteiger partial charge on any atom is 0.266 e. The molecular formula is C13H15N3O3. The van der Waals surface area contributed by atoms with Crippen LogP contribution in [0.3, 0.4) is 0 Å². The Morgan fingerprint density at radius 3 is 3.00 bits per heavy atom. The van der Waals surface area contributed by atoms with E-state index in [2.05, 4.69) is 10.6 Å². The van der Waals surface area contributed by atoms with Gasteiger partial charge in [0.15, 0.2) is 6.10 Å². The molecule has 1 saturated heterocycles.